The second-order valence-corrected chi connectivity index (χ2v) is 8.06. The van der Waals surface area contributed by atoms with E-state index < -0.39 is 6.10 Å². The van der Waals surface area contributed by atoms with E-state index in [4.69, 9.17) is 9.47 Å². The number of carbonyl (C=O) groups excluding carboxylic acids is 1. The molecule has 2 amide bonds. The second-order valence-electron chi connectivity index (χ2n) is 8.06. The predicted octanol–water partition coefficient (Wildman–Crippen LogP) is 4.36. The number of hydrogen-bond acceptors (Lipinski definition) is 4. The Balaban J connectivity index is 1.34. The molecule has 0 bridgehead atoms. The number of aliphatic hydroxyl groups is 1. The van der Waals surface area contributed by atoms with Crippen molar-refractivity contribution in [2.45, 2.75) is 50.4 Å². The molecule has 0 spiro atoms. The van der Waals surface area contributed by atoms with E-state index in [1.165, 1.54) is 12.8 Å². The first-order valence-corrected chi connectivity index (χ1v) is 10.8. The summed E-state index contributed by atoms with van der Waals surface area (Å²) in [5, 5.41) is 13.6. The van der Waals surface area contributed by atoms with Crippen LogP contribution in [0.3, 0.4) is 0 Å². The molecule has 1 saturated carbocycles. The Morgan fingerprint density at radius 2 is 1.87 bits per heavy atom. The summed E-state index contributed by atoms with van der Waals surface area (Å²) in [5.74, 6) is 0.843. The Morgan fingerprint density at radius 1 is 1.13 bits per heavy atom. The first kappa shape index (κ1) is 20.7. The van der Waals surface area contributed by atoms with Gasteiger partial charge < -0.3 is 24.8 Å². The minimum absolute atomic E-state index is 0.173. The summed E-state index contributed by atoms with van der Waals surface area (Å²) in [6, 6.07) is 16.7. The number of carbonyl (C=O) groups is 1. The molecule has 1 aliphatic carbocycles. The number of aliphatic hydroxyl groups excluding tert-OH is 1. The van der Waals surface area contributed by atoms with Crippen molar-refractivity contribution in [3.63, 3.8) is 0 Å². The fraction of sp³-hybridized carbons (Fsp3) is 0.458. The van der Waals surface area contributed by atoms with Crippen molar-refractivity contribution in [1.82, 2.24) is 4.90 Å². The molecule has 0 aromatic heterocycles. The van der Waals surface area contributed by atoms with Crippen molar-refractivity contribution >= 4 is 11.7 Å². The molecule has 2 aromatic carbocycles. The van der Waals surface area contributed by atoms with Gasteiger partial charge in [-0.15, -0.1) is 0 Å². The number of nitrogens with one attached hydrogen (secondary N) is 1. The van der Waals surface area contributed by atoms with Gasteiger partial charge in [-0.3, -0.25) is 0 Å². The van der Waals surface area contributed by atoms with Crippen LogP contribution in [0.4, 0.5) is 10.5 Å². The Hall–Kier alpha value is -2.57. The maximum Gasteiger partial charge on any atom is 0.322 e. The summed E-state index contributed by atoms with van der Waals surface area (Å²) < 4.78 is 11.6. The van der Waals surface area contributed by atoms with E-state index in [1.54, 1.807) is 4.90 Å². The molecular weight excluding hydrogens is 380 g/mol. The van der Waals surface area contributed by atoms with E-state index in [2.05, 4.69) is 5.32 Å². The maximum atomic E-state index is 12.9. The first-order chi connectivity index (χ1) is 14.7. The van der Waals surface area contributed by atoms with Crippen LogP contribution in [0.15, 0.2) is 54.6 Å². The van der Waals surface area contributed by atoms with Crippen LogP contribution >= 0.6 is 0 Å². The number of rotatable bonds is 6. The van der Waals surface area contributed by atoms with Crippen molar-refractivity contribution in [3.05, 3.63) is 60.2 Å². The SMILES string of the molecule is O=C(Nc1ccc(OC2CCCC2)cc1)N1CCOC[C@H]1C[C@@H](O)c1ccccc1. The number of ether oxygens (including phenoxy) is 2. The number of amides is 2. The average Bonchev–Trinajstić information content (AvgIpc) is 3.29. The molecule has 2 N–H and O–H groups in total. The third-order valence-corrected chi connectivity index (χ3v) is 5.88. The molecule has 160 valence electrons. The minimum Gasteiger partial charge on any atom is -0.490 e. The Bertz CT molecular complexity index is 806. The van der Waals surface area contributed by atoms with Gasteiger partial charge in [0.2, 0.25) is 0 Å². The molecule has 1 saturated heterocycles. The molecule has 4 rings (SSSR count). The molecule has 1 heterocycles. The number of hydrogen-bond donors (Lipinski definition) is 2. The van der Waals surface area contributed by atoms with Gasteiger partial charge in [0.05, 0.1) is 31.5 Å². The summed E-state index contributed by atoms with van der Waals surface area (Å²) in [6.07, 6.45) is 4.82. The lowest BCUT2D eigenvalue weighted by Gasteiger charge is -2.36. The number of morpholine rings is 1. The molecular formula is C24H30N2O4. The van der Waals surface area contributed by atoms with Crippen molar-refractivity contribution < 1.29 is 19.4 Å². The average molecular weight is 411 g/mol. The van der Waals surface area contributed by atoms with Crippen molar-refractivity contribution in [3.8, 4) is 5.75 Å². The standard InChI is InChI=1S/C24H30N2O4/c27-23(18-6-2-1-3-7-18)16-20-17-29-15-14-26(20)24(28)25-19-10-12-22(13-11-19)30-21-8-4-5-9-21/h1-3,6-7,10-13,20-21,23,27H,4-5,8-9,14-17H2,(H,25,28)/t20-,23-/m1/s1. The Labute approximate surface area is 177 Å². The summed E-state index contributed by atoms with van der Waals surface area (Å²) in [7, 11) is 0. The number of nitrogens with zero attached hydrogens (tertiary/aromatic N) is 1. The predicted molar refractivity (Wildman–Crippen MR) is 116 cm³/mol. The van der Waals surface area contributed by atoms with Crippen LogP contribution in [0.2, 0.25) is 0 Å². The smallest absolute Gasteiger partial charge is 0.322 e. The van der Waals surface area contributed by atoms with Gasteiger partial charge >= 0.3 is 6.03 Å². The lowest BCUT2D eigenvalue weighted by Crippen LogP contribution is -2.50. The Morgan fingerprint density at radius 3 is 2.60 bits per heavy atom. The van der Waals surface area contributed by atoms with Crippen LogP contribution in [0.25, 0.3) is 0 Å². The van der Waals surface area contributed by atoms with Crippen LogP contribution in [0.1, 0.15) is 43.8 Å². The van der Waals surface area contributed by atoms with E-state index in [1.807, 2.05) is 54.6 Å². The van der Waals surface area contributed by atoms with Crippen molar-refractivity contribution in [1.29, 1.82) is 0 Å². The molecule has 30 heavy (non-hydrogen) atoms. The van der Waals surface area contributed by atoms with Gasteiger partial charge in [0.25, 0.3) is 0 Å². The van der Waals surface area contributed by atoms with Crippen molar-refractivity contribution in [2.24, 2.45) is 0 Å². The number of benzene rings is 2. The van der Waals surface area contributed by atoms with Gasteiger partial charge in [0, 0.05) is 18.7 Å². The van der Waals surface area contributed by atoms with E-state index >= 15 is 0 Å². The topological polar surface area (TPSA) is 71.0 Å². The van der Waals surface area contributed by atoms with E-state index in [0.717, 1.165) is 29.8 Å². The highest BCUT2D eigenvalue weighted by molar-refractivity contribution is 5.89. The molecule has 2 aromatic rings. The third kappa shape index (κ3) is 5.32. The fourth-order valence-corrected chi connectivity index (χ4v) is 4.20. The van der Waals surface area contributed by atoms with E-state index in [0.29, 0.717) is 32.3 Å². The lowest BCUT2D eigenvalue weighted by atomic mass is 10.0. The summed E-state index contributed by atoms with van der Waals surface area (Å²) in [6.45, 7) is 1.42. The molecule has 2 fully saturated rings. The van der Waals surface area contributed by atoms with Crippen LogP contribution in [-0.2, 0) is 4.74 Å². The summed E-state index contributed by atoms with van der Waals surface area (Å²) in [4.78, 5) is 14.7. The number of anilines is 1. The van der Waals surface area contributed by atoms with Gasteiger partial charge in [-0.1, -0.05) is 30.3 Å². The maximum absolute atomic E-state index is 12.9. The highest BCUT2D eigenvalue weighted by Gasteiger charge is 2.29. The van der Waals surface area contributed by atoms with Gasteiger partial charge in [-0.05, 0) is 55.5 Å². The molecule has 6 heteroatoms. The summed E-state index contributed by atoms with van der Waals surface area (Å²) in [5.41, 5.74) is 1.58. The third-order valence-electron chi connectivity index (χ3n) is 5.88. The van der Waals surface area contributed by atoms with Gasteiger partial charge in [-0.2, -0.15) is 0 Å². The lowest BCUT2D eigenvalue weighted by molar-refractivity contribution is -0.00428. The van der Waals surface area contributed by atoms with Gasteiger partial charge in [0.1, 0.15) is 5.75 Å². The molecule has 0 unspecified atom stereocenters. The minimum atomic E-state index is -0.639. The molecule has 1 aliphatic heterocycles. The molecule has 6 nitrogen and oxygen atoms in total. The van der Waals surface area contributed by atoms with Crippen LogP contribution in [-0.4, -0.2) is 47.9 Å². The second kappa shape index (κ2) is 9.96. The molecule has 2 aliphatic rings. The highest BCUT2D eigenvalue weighted by atomic mass is 16.5. The van der Waals surface area contributed by atoms with Crippen LogP contribution in [0, 0.1) is 0 Å². The quantitative estimate of drug-likeness (QED) is 0.742. The zero-order valence-electron chi connectivity index (χ0n) is 17.2. The monoisotopic (exact) mass is 410 g/mol. The zero-order chi connectivity index (χ0) is 20.8. The first-order valence-electron chi connectivity index (χ1n) is 10.8. The van der Waals surface area contributed by atoms with Crippen LogP contribution in [0.5, 0.6) is 5.75 Å². The largest absolute Gasteiger partial charge is 0.490 e. The van der Waals surface area contributed by atoms with Gasteiger partial charge in [-0.25, -0.2) is 4.79 Å². The number of urea groups is 1. The highest BCUT2D eigenvalue weighted by Crippen LogP contribution is 2.26. The Kier molecular flexibility index (Phi) is 6.87. The summed E-state index contributed by atoms with van der Waals surface area (Å²) >= 11 is 0. The fourth-order valence-electron chi connectivity index (χ4n) is 4.20. The van der Waals surface area contributed by atoms with Gasteiger partial charge in [0.15, 0.2) is 0 Å². The molecule has 2 atom stereocenters. The normalized spacial score (nSPS) is 20.7. The van der Waals surface area contributed by atoms with Crippen molar-refractivity contribution in [2.75, 3.05) is 25.1 Å². The van der Waals surface area contributed by atoms with Crippen LogP contribution < -0.4 is 10.1 Å². The van der Waals surface area contributed by atoms with E-state index in [9.17, 15) is 9.90 Å². The zero-order valence-corrected chi connectivity index (χ0v) is 17.2. The molecule has 0 radical (unpaired) electrons. The van der Waals surface area contributed by atoms with E-state index in [-0.39, 0.29) is 12.1 Å².